The van der Waals surface area contributed by atoms with Gasteiger partial charge >= 0.3 is 0 Å². The summed E-state index contributed by atoms with van der Waals surface area (Å²) in [5, 5.41) is 20.3. The van der Waals surface area contributed by atoms with E-state index >= 15 is 0 Å². The first kappa shape index (κ1) is 12.1. The van der Waals surface area contributed by atoms with Crippen molar-refractivity contribution in [3.63, 3.8) is 0 Å². The van der Waals surface area contributed by atoms with Gasteiger partial charge in [-0.05, 0) is 25.0 Å². The van der Waals surface area contributed by atoms with Crippen LogP contribution in [-0.2, 0) is 0 Å². The molecule has 1 heterocycles. The number of β-amino-alcohol motifs (C(OH)–C–C–N with tert-alkyl or cyclic N) is 1. The van der Waals surface area contributed by atoms with E-state index in [4.69, 9.17) is 11.6 Å². The van der Waals surface area contributed by atoms with Crippen LogP contribution in [0.2, 0.25) is 5.02 Å². The first-order valence-electron chi connectivity index (χ1n) is 5.36. The number of nitro groups is 1. The normalized spacial score (nSPS) is 19.7. The van der Waals surface area contributed by atoms with Crippen LogP contribution < -0.4 is 4.90 Å². The Labute approximate surface area is 104 Å². The second-order valence-corrected chi connectivity index (χ2v) is 4.64. The quantitative estimate of drug-likeness (QED) is 0.650. The minimum Gasteiger partial charge on any atom is -0.391 e. The molecule has 1 aliphatic rings. The maximum absolute atomic E-state index is 10.7. The Hall–Kier alpha value is -1.33. The van der Waals surface area contributed by atoms with Crippen molar-refractivity contribution in [3.05, 3.63) is 32.8 Å². The fourth-order valence-corrected chi connectivity index (χ4v) is 2.32. The number of aliphatic hydroxyl groups is 1. The predicted molar refractivity (Wildman–Crippen MR) is 65.7 cm³/mol. The van der Waals surface area contributed by atoms with Crippen molar-refractivity contribution in [1.29, 1.82) is 0 Å². The Balaban J connectivity index is 2.36. The molecule has 0 bridgehead atoms. The van der Waals surface area contributed by atoms with Crippen LogP contribution in [0.15, 0.2) is 12.1 Å². The van der Waals surface area contributed by atoms with Gasteiger partial charge in [-0.15, -0.1) is 0 Å². The van der Waals surface area contributed by atoms with Crippen LogP contribution in [0.1, 0.15) is 12.0 Å². The molecule has 1 N–H and O–H groups in total. The van der Waals surface area contributed by atoms with Crippen molar-refractivity contribution in [2.24, 2.45) is 0 Å². The molecule has 0 amide bonds. The second-order valence-electron chi connectivity index (χ2n) is 4.24. The molecule has 1 fully saturated rings. The maximum Gasteiger partial charge on any atom is 0.288 e. The van der Waals surface area contributed by atoms with Gasteiger partial charge in [0.2, 0.25) is 0 Å². The third-order valence-electron chi connectivity index (χ3n) is 2.97. The summed E-state index contributed by atoms with van der Waals surface area (Å²) >= 11 is 5.88. The molecule has 0 aliphatic carbocycles. The molecule has 5 nitrogen and oxygen atoms in total. The first-order valence-corrected chi connectivity index (χ1v) is 5.74. The molecule has 1 aromatic carbocycles. The number of halogens is 1. The highest BCUT2D eigenvalue weighted by atomic mass is 35.5. The minimum absolute atomic E-state index is 0.0762. The number of nitro benzene ring substituents is 1. The van der Waals surface area contributed by atoms with Crippen molar-refractivity contribution in [3.8, 4) is 0 Å². The van der Waals surface area contributed by atoms with Crippen LogP contribution in [-0.4, -0.2) is 29.2 Å². The first-order chi connectivity index (χ1) is 7.99. The highest BCUT2D eigenvalue weighted by Crippen LogP contribution is 2.33. The van der Waals surface area contributed by atoms with Gasteiger partial charge < -0.3 is 10.0 Å². The van der Waals surface area contributed by atoms with E-state index in [2.05, 4.69) is 0 Å². The smallest absolute Gasteiger partial charge is 0.288 e. The van der Waals surface area contributed by atoms with Gasteiger partial charge in [-0.25, -0.2) is 0 Å². The monoisotopic (exact) mass is 256 g/mol. The zero-order valence-corrected chi connectivity index (χ0v) is 10.1. The zero-order chi connectivity index (χ0) is 12.6. The lowest BCUT2D eigenvalue weighted by atomic mass is 10.1. The highest BCUT2D eigenvalue weighted by molar-refractivity contribution is 6.33. The number of rotatable bonds is 2. The molecule has 2 rings (SSSR count). The molecule has 1 saturated heterocycles. The number of anilines is 1. The van der Waals surface area contributed by atoms with Gasteiger partial charge in [0.25, 0.3) is 5.69 Å². The number of nitrogens with zero attached hydrogens (tertiary/aromatic N) is 2. The molecule has 0 unspecified atom stereocenters. The lowest BCUT2D eigenvalue weighted by Crippen LogP contribution is -2.22. The van der Waals surface area contributed by atoms with E-state index in [9.17, 15) is 15.2 Å². The molecular formula is C11H13ClN2O3. The van der Waals surface area contributed by atoms with Gasteiger partial charge in [-0.3, -0.25) is 10.1 Å². The summed E-state index contributed by atoms with van der Waals surface area (Å²) in [5.41, 5.74) is 1.58. The highest BCUT2D eigenvalue weighted by Gasteiger charge is 2.24. The van der Waals surface area contributed by atoms with Gasteiger partial charge in [0.15, 0.2) is 0 Å². The lowest BCUT2D eigenvalue weighted by Gasteiger charge is -2.20. The minimum atomic E-state index is -0.488. The van der Waals surface area contributed by atoms with Crippen molar-refractivity contribution in [1.82, 2.24) is 0 Å². The molecule has 1 aliphatic heterocycles. The Morgan fingerprint density at radius 1 is 1.59 bits per heavy atom. The second kappa shape index (κ2) is 4.50. The molecule has 0 aromatic heterocycles. The SMILES string of the molecule is Cc1cc([N+](=O)[O-])c(Cl)cc1N1CC[C@H](O)C1. The zero-order valence-electron chi connectivity index (χ0n) is 9.39. The predicted octanol–water partition coefficient (Wildman–Crippen LogP) is 2.13. The number of aliphatic hydroxyl groups excluding tert-OH is 1. The van der Waals surface area contributed by atoms with Gasteiger partial charge in [0.05, 0.1) is 11.0 Å². The van der Waals surface area contributed by atoms with E-state index in [1.807, 2.05) is 11.8 Å². The van der Waals surface area contributed by atoms with Crippen LogP contribution >= 0.6 is 11.6 Å². The van der Waals surface area contributed by atoms with Crippen LogP contribution in [0.4, 0.5) is 11.4 Å². The largest absolute Gasteiger partial charge is 0.391 e. The van der Waals surface area contributed by atoms with Crippen molar-refractivity contribution >= 4 is 23.0 Å². The van der Waals surface area contributed by atoms with E-state index in [0.29, 0.717) is 13.0 Å². The van der Waals surface area contributed by atoms with Crippen LogP contribution in [0, 0.1) is 17.0 Å². The van der Waals surface area contributed by atoms with Gasteiger partial charge in [-0.1, -0.05) is 11.6 Å². The third kappa shape index (κ3) is 2.35. The molecule has 0 spiro atoms. The van der Waals surface area contributed by atoms with Crippen LogP contribution in [0.25, 0.3) is 0 Å². The summed E-state index contributed by atoms with van der Waals surface area (Å²) in [7, 11) is 0. The van der Waals surface area contributed by atoms with Gasteiger partial charge in [0.1, 0.15) is 5.02 Å². The molecule has 92 valence electrons. The Bertz CT molecular complexity index is 464. The molecule has 1 aromatic rings. The third-order valence-corrected chi connectivity index (χ3v) is 3.27. The maximum atomic E-state index is 10.7. The average Bonchev–Trinajstić information content (AvgIpc) is 2.67. The van der Waals surface area contributed by atoms with E-state index in [0.717, 1.165) is 17.8 Å². The molecule has 1 atom stereocenters. The van der Waals surface area contributed by atoms with Crippen LogP contribution in [0.3, 0.4) is 0 Å². The molecule has 6 heteroatoms. The van der Waals surface area contributed by atoms with E-state index < -0.39 is 4.92 Å². The van der Waals surface area contributed by atoms with Crippen molar-refractivity contribution in [2.45, 2.75) is 19.4 Å². The standard InChI is InChI=1S/C11H13ClN2O3/c1-7-4-11(14(16)17)9(12)5-10(7)13-3-2-8(15)6-13/h4-5,8,15H,2-3,6H2,1H3/t8-/m0/s1. The summed E-state index contributed by atoms with van der Waals surface area (Å²) in [6.45, 7) is 3.11. The number of aryl methyl sites for hydroxylation is 1. The Morgan fingerprint density at radius 2 is 2.29 bits per heavy atom. The van der Waals surface area contributed by atoms with E-state index in [1.165, 1.54) is 6.07 Å². The average molecular weight is 257 g/mol. The number of hydrogen-bond donors (Lipinski definition) is 1. The van der Waals surface area contributed by atoms with Gasteiger partial charge in [-0.2, -0.15) is 0 Å². The van der Waals surface area contributed by atoms with Gasteiger partial charge in [0, 0.05) is 24.8 Å². The topological polar surface area (TPSA) is 66.6 Å². The summed E-state index contributed by atoms with van der Waals surface area (Å²) in [4.78, 5) is 12.2. The van der Waals surface area contributed by atoms with E-state index in [-0.39, 0.29) is 16.8 Å². The molecule has 17 heavy (non-hydrogen) atoms. The number of benzene rings is 1. The van der Waals surface area contributed by atoms with Crippen LogP contribution in [0.5, 0.6) is 0 Å². The summed E-state index contributed by atoms with van der Waals surface area (Å²) in [6.07, 6.45) is 0.386. The van der Waals surface area contributed by atoms with E-state index in [1.54, 1.807) is 6.07 Å². The summed E-state index contributed by atoms with van der Waals surface area (Å²) in [5.74, 6) is 0. The van der Waals surface area contributed by atoms with Crippen molar-refractivity contribution in [2.75, 3.05) is 18.0 Å². The summed E-state index contributed by atoms with van der Waals surface area (Å²) < 4.78 is 0. The number of hydrogen-bond acceptors (Lipinski definition) is 4. The molecular weight excluding hydrogens is 244 g/mol. The lowest BCUT2D eigenvalue weighted by molar-refractivity contribution is -0.384. The summed E-state index contributed by atoms with van der Waals surface area (Å²) in [6, 6.07) is 3.08. The Morgan fingerprint density at radius 3 is 2.82 bits per heavy atom. The molecule has 0 radical (unpaired) electrons. The fourth-order valence-electron chi connectivity index (χ4n) is 2.10. The molecule has 0 saturated carbocycles. The fraction of sp³-hybridized carbons (Fsp3) is 0.455. The van der Waals surface area contributed by atoms with Crippen molar-refractivity contribution < 1.29 is 10.0 Å². The Kier molecular flexibility index (Phi) is 3.22.